The maximum atomic E-state index is 11.6. The van der Waals surface area contributed by atoms with Gasteiger partial charge in [0.2, 0.25) is 5.91 Å². The van der Waals surface area contributed by atoms with E-state index in [1.807, 2.05) is 19.9 Å². The van der Waals surface area contributed by atoms with Crippen molar-refractivity contribution in [1.29, 1.82) is 0 Å². The lowest BCUT2D eigenvalue weighted by Gasteiger charge is -2.12. The molecule has 1 rings (SSSR count). The van der Waals surface area contributed by atoms with Gasteiger partial charge in [-0.1, -0.05) is 6.92 Å². The number of rotatable bonds is 6. The Balaban J connectivity index is 0. The van der Waals surface area contributed by atoms with Gasteiger partial charge in [-0.15, -0.1) is 24.8 Å². The molecule has 0 spiro atoms. The first-order chi connectivity index (χ1) is 7.25. The maximum Gasteiger partial charge on any atom is 0.244 e. The smallest absolute Gasteiger partial charge is 0.244 e. The first-order valence-electron chi connectivity index (χ1n) is 5.23. The minimum Gasteiger partial charge on any atom is -0.353 e. The minimum atomic E-state index is -0.248. The molecule has 2 N–H and O–H groups in total. The lowest BCUT2D eigenvalue weighted by atomic mass is 10.3. The zero-order valence-corrected chi connectivity index (χ0v) is 11.7. The van der Waals surface area contributed by atoms with Crippen LogP contribution in [0.15, 0.2) is 18.5 Å². The summed E-state index contributed by atoms with van der Waals surface area (Å²) in [5, 5.41) is 10.0. The zero-order valence-electron chi connectivity index (χ0n) is 10.0. The van der Waals surface area contributed by atoms with E-state index in [-0.39, 0.29) is 36.8 Å². The van der Waals surface area contributed by atoms with Gasteiger partial charge in [0.05, 0.1) is 0 Å². The quantitative estimate of drug-likeness (QED) is 0.766. The Bertz CT molecular complexity index is 293. The van der Waals surface area contributed by atoms with Crippen LogP contribution in [0.25, 0.3) is 0 Å². The number of carbonyl (C=O) groups is 1. The molecule has 0 aliphatic carbocycles. The molecule has 1 heterocycles. The summed E-state index contributed by atoms with van der Waals surface area (Å²) >= 11 is 0. The molecule has 1 atom stereocenters. The lowest BCUT2D eigenvalue weighted by Crippen LogP contribution is -2.36. The molecule has 0 bridgehead atoms. The van der Waals surface area contributed by atoms with Crippen LogP contribution in [0.5, 0.6) is 0 Å². The molecule has 0 aliphatic heterocycles. The van der Waals surface area contributed by atoms with Crippen LogP contribution in [-0.4, -0.2) is 35.3 Å². The molecule has 0 aromatic carbocycles. The molecule has 5 nitrogen and oxygen atoms in total. The third-order valence-corrected chi connectivity index (χ3v) is 2.15. The van der Waals surface area contributed by atoms with Crippen LogP contribution >= 0.6 is 24.8 Å². The summed E-state index contributed by atoms with van der Waals surface area (Å²) in [6.07, 6.45) is 3.46. The normalized spacial score (nSPS) is 10.9. The average molecular weight is 283 g/mol. The number of nitrogens with one attached hydrogen (secondary N) is 2. The van der Waals surface area contributed by atoms with E-state index in [1.165, 1.54) is 0 Å². The van der Waals surface area contributed by atoms with Gasteiger partial charge in [-0.05, 0) is 19.5 Å². The van der Waals surface area contributed by atoms with Gasteiger partial charge in [-0.25, -0.2) is 0 Å². The Morgan fingerprint density at radius 1 is 1.41 bits per heavy atom. The molecular weight excluding hydrogens is 263 g/mol. The van der Waals surface area contributed by atoms with Crippen LogP contribution in [0.4, 0.5) is 0 Å². The van der Waals surface area contributed by atoms with Gasteiger partial charge in [-0.3, -0.25) is 9.48 Å². The van der Waals surface area contributed by atoms with E-state index >= 15 is 0 Å². The Morgan fingerprint density at radius 2 is 2.12 bits per heavy atom. The van der Waals surface area contributed by atoms with Crippen molar-refractivity contribution in [1.82, 2.24) is 20.4 Å². The predicted molar refractivity (Wildman–Crippen MR) is 73.0 cm³/mol. The van der Waals surface area contributed by atoms with Gasteiger partial charge in [0.25, 0.3) is 0 Å². The van der Waals surface area contributed by atoms with Crippen LogP contribution in [0.2, 0.25) is 0 Å². The fraction of sp³-hybridized carbons (Fsp3) is 0.600. The lowest BCUT2D eigenvalue weighted by molar-refractivity contribution is -0.124. The Hall–Kier alpha value is -0.780. The van der Waals surface area contributed by atoms with Crippen LogP contribution in [0.1, 0.15) is 19.9 Å². The highest BCUT2D eigenvalue weighted by Crippen LogP contribution is 2.01. The molecule has 100 valence electrons. The molecule has 1 aromatic heterocycles. The highest BCUT2D eigenvalue weighted by atomic mass is 35.5. The van der Waals surface area contributed by atoms with Crippen molar-refractivity contribution < 1.29 is 4.79 Å². The molecule has 0 aliphatic rings. The molecule has 0 radical (unpaired) electrons. The Labute approximate surface area is 114 Å². The summed E-state index contributed by atoms with van der Waals surface area (Å²) in [6, 6.07) is 1.56. The summed E-state index contributed by atoms with van der Waals surface area (Å²) in [4.78, 5) is 11.6. The monoisotopic (exact) mass is 282 g/mol. The van der Waals surface area contributed by atoms with E-state index in [1.54, 1.807) is 17.1 Å². The number of nitrogens with zero attached hydrogens (tertiary/aromatic N) is 2. The number of aromatic nitrogens is 2. The zero-order chi connectivity index (χ0) is 11.1. The molecule has 17 heavy (non-hydrogen) atoms. The summed E-state index contributed by atoms with van der Waals surface area (Å²) in [6.45, 7) is 6.24. The standard InChI is InChI=1S/C10H18N4O.2ClH/c1-3-11-6-7-12-10(15)9(2)14-8-4-5-13-14;;/h4-5,8-9,11H,3,6-7H2,1-2H3,(H,12,15);2*1H. The van der Waals surface area contributed by atoms with Gasteiger partial charge < -0.3 is 10.6 Å². The second-order valence-corrected chi connectivity index (χ2v) is 3.31. The number of carbonyl (C=O) groups excluding carboxylic acids is 1. The molecular formula is C10H20Cl2N4O. The van der Waals surface area contributed by atoms with E-state index < -0.39 is 0 Å². The molecule has 0 fully saturated rings. The summed E-state index contributed by atoms with van der Waals surface area (Å²) in [5.41, 5.74) is 0. The Morgan fingerprint density at radius 3 is 2.65 bits per heavy atom. The van der Waals surface area contributed by atoms with Crippen molar-refractivity contribution in [2.45, 2.75) is 19.9 Å². The van der Waals surface area contributed by atoms with Gasteiger partial charge in [0, 0.05) is 25.5 Å². The maximum absolute atomic E-state index is 11.6. The van der Waals surface area contributed by atoms with Crippen LogP contribution in [0.3, 0.4) is 0 Å². The fourth-order valence-corrected chi connectivity index (χ4v) is 1.23. The van der Waals surface area contributed by atoms with E-state index in [2.05, 4.69) is 15.7 Å². The average Bonchev–Trinajstić information content (AvgIpc) is 2.76. The van der Waals surface area contributed by atoms with Crippen LogP contribution in [-0.2, 0) is 4.79 Å². The fourth-order valence-electron chi connectivity index (χ4n) is 1.23. The summed E-state index contributed by atoms with van der Waals surface area (Å²) in [7, 11) is 0. The second kappa shape index (κ2) is 10.4. The van der Waals surface area contributed by atoms with Crippen molar-refractivity contribution >= 4 is 30.7 Å². The SMILES string of the molecule is CCNCCNC(=O)C(C)n1cccn1.Cl.Cl. The Kier molecular flexibility index (Phi) is 11.3. The molecule has 7 heteroatoms. The van der Waals surface area contributed by atoms with Gasteiger partial charge in [0.1, 0.15) is 6.04 Å². The molecule has 1 aromatic rings. The van der Waals surface area contributed by atoms with Gasteiger partial charge >= 0.3 is 0 Å². The third-order valence-electron chi connectivity index (χ3n) is 2.15. The van der Waals surface area contributed by atoms with Gasteiger partial charge in [0.15, 0.2) is 0 Å². The van der Waals surface area contributed by atoms with Crippen molar-refractivity contribution in [2.75, 3.05) is 19.6 Å². The first-order valence-corrected chi connectivity index (χ1v) is 5.23. The number of hydrogen-bond acceptors (Lipinski definition) is 3. The van der Waals surface area contributed by atoms with Crippen molar-refractivity contribution in [3.05, 3.63) is 18.5 Å². The van der Waals surface area contributed by atoms with Crippen LogP contribution in [0, 0.1) is 0 Å². The van der Waals surface area contributed by atoms with E-state index in [0.717, 1.165) is 13.1 Å². The van der Waals surface area contributed by atoms with Crippen molar-refractivity contribution in [3.63, 3.8) is 0 Å². The summed E-state index contributed by atoms with van der Waals surface area (Å²) in [5.74, 6) is -0.00315. The molecule has 0 saturated heterocycles. The van der Waals surface area contributed by atoms with Crippen LogP contribution < -0.4 is 10.6 Å². The van der Waals surface area contributed by atoms with Crippen molar-refractivity contribution in [3.8, 4) is 0 Å². The molecule has 0 saturated carbocycles. The second-order valence-electron chi connectivity index (χ2n) is 3.31. The topological polar surface area (TPSA) is 58.9 Å². The van der Waals surface area contributed by atoms with E-state index in [0.29, 0.717) is 6.54 Å². The number of hydrogen-bond donors (Lipinski definition) is 2. The summed E-state index contributed by atoms with van der Waals surface area (Å²) < 4.78 is 1.64. The number of amides is 1. The number of halogens is 2. The molecule has 1 amide bonds. The highest BCUT2D eigenvalue weighted by molar-refractivity contribution is 5.85. The van der Waals surface area contributed by atoms with E-state index in [4.69, 9.17) is 0 Å². The predicted octanol–water partition coefficient (Wildman–Crippen LogP) is 1.01. The first kappa shape index (κ1) is 18.6. The molecule has 1 unspecified atom stereocenters. The number of likely N-dealkylation sites (N-methyl/N-ethyl adjacent to an activating group) is 1. The largest absolute Gasteiger partial charge is 0.353 e. The van der Waals surface area contributed by atoms with Crippen molar-refractivity contribution in [2.24, 2.45) is 0 Å². The highest BCUT2D eigenvalue weighted by Gasteiger charge is 2.13. The third kappa shape index (κ3) is 6.51. The minimum absolute atomic E-state index is 0. The van der Waals surface area contributed by atoms with E-state index in [9.17, 15) is 4.79 Å². The van der Waals surface area contributed by atoms with Gasteiger partial charge in [-0.2, -0.15) is 5.10 Å².